The van der Waals surface area contributed by atoms with Crippen LogP contribution in [-0.2, 0) is 23.9 Å². The highest BCUT2D eigenvalue weighted by molar-refractivity contribution is 5.89. The summed E-state index contributed by atoms with van der Waals surface area (Å²) < 4.78 is 44.2. The molecule has 0 atom stereocenters. The van der Waals surface area contributed by atoms with E-state index in [1.807, 2.05) is 6.92 Å². The molecule has 2 aliphatic heterocycles. The number of urea groups is 1. The zero-order chi connectivity index (χ0) is 21.3. The molecule has 0 aliphatic carbocycles. The molecule has 1 saturated heterocycles. The number of amides is 2. The number of alkyl halides is 3. The third-order valence-electron chi connectivity index (χ3n) is 5.19. The number of nitrogens with zero attached hydrogens (tertiary/aromatic N) is 4. The minimum absolute atomic E-state index is 0.106. The number of halogens is 3. The maximum atomic E-state index is 12.9. The van der Waals surface area contributed by atoms with Gasteiger partial charge in [0, 0.05) is 37.3 Å². The lowest BCUT2D eigenvalue weighted by molar-refractivity contribution is -0.137. The average Bonchev–Trinajstić information content (AvgIpc) is 2.73. The van der Waals surface area contributed by atoms with Gasteiger partial charge in [-0.3, -0.25) is 0 Å². The van der Waals surface area contributed by atoms with E-state index in [4.69, 9.17) is 4.74 Å². The van der Waals surface area contributed by atoms with Gasteiger partial charge in [-0.25, -0.2) is 14.8 Å². The highest BCUT2D eigenvalue weighted by Crippen LogP contribution is 2.31. The summed E-state index contributed by atoms with van der Waals surface area (Å²) in [5, 5.41) is 2.58. The van der Waals surface area contributed by atoms with Gasteiger partial charge in [0.05, 0.1) is 31.0 Å². The van der Waals surface area contributed by atoms with Gasteiger partial charge in [0.2, 0.25) is 0 Å². The van der Waals surface area contributed by atoms with Crippen molar-refractivity contribution in [1.29, 1.82) is 0 Å². The van der Waals surface area contributed by atoms with Gasteiger partial charge in [0.1, 0.15) is 11.6 Å². The number of carbonyl (C=O) groups excluding carboxylic acids is 1. The highest BCUT2D eigenvalue weighted by atomic mass is 19.4. The van der Waals surface area contributed by atoms with Crippen LogP contribution in [0.25, 0.3) is 0 Å². The lowest BCUT2D eigenvalue weighted by Crippen LogP contribution is -2.42. The van der Waals surface area contributed by atoms with Crippen LogP contribution in [-0.4, -0.2) is 53.7 Å². The molecule has 0 bridgehead atoms. The van der Waals surface area contributed by atoms with E-state index in [-0.39, 0.29) is 5.69 Å². The maximum Gasteiger partial charge on any atom is 0.416 e. The Labute approximate surface area is 171 Å². The monoisotopic (exact) mass is 421 g/mol. The molecule has 160 valence electrons. The van der Waals surface area contributed by atoms with Crippen molar-refractivity contribution in [2.45, 2.75) is 26.1 Å². The van der Waals surface area contributed by atoms with Gasteiger partial charge < -0.3 is 19.9 Å². The van der Waals surface area contributed by atoms with E-state index in [0.717, 1.165) is 29.2 Å². The predicted molar refractivity (Wildman–Crippen MR) is 104 cm³/mol. The molecule has 4 rings (SSSR count). The van der Waals surface area contributed by atoms with E-state index in [9.17, 15) is 18.0 Å². The number of hydrogen-bond donors (Lipinski definition) is 1. The zero-order valence-electron chi connectivity index (χ0n) is 16.5. The van der Waals surface area contributed by atoms with Crippen molar-refractivity contribution in [3.05, 3.63) is 46.9 Å². The van der Waals surface area contributed by atoms with Crippen LogP contribution in [0.1, 0.15) is 22.6 Å². The number of rotatable bonds is 2. The van der Waals surface area contributed by atoms with Crippen molar-refractivity contribution < 1.29 is 22.7 Å². The number of carbonyl (C=O) groups is 1. The fraction of sp³-hybridized carbons (Fsp3) is 0.450. The normalized spacial score (nSPS) is 16.9. The number of morpholine rings is 1. The fourth-order valence-electron chi connectivity index (χ4n) is 3.70. The summed E-state index contributed by atoms with van der Waals surface area (Å²) in [6.07, 6.45) is -3.90. The largest absolute Gasteiger partial charge is 0.416 e. The van der Waals surface area contributed by atoms with E-state index in [0.29, 0.717) is 51.6 Å². The number of fused-ring (bicyclic) bond motifs is 1. The van der Waals surface area contributed by atoms with Gasteiger partial charge in [-0.1, -0.05) is 6.07 Å². The summed E-state index contributed by atoms with van der Waals surface area (Å²) in [5.74, 6) is 1.48. The van der Waals surface area contributed by atoms with E-state index in [1.165, 1.54) is 12.1 Å². The smallest absolute Gasteiger partial charge is 0.378 e. The molecule has 0 saturated carbocycles. The molecular weight excluding hydrogens is 399 g/mol. The zero-order valence-corrected chi connectivity index (χ0v) is 16.5. The Balaban J connectivity index is 1.53. The van der Waals surface area contributed by atoms with Gasteiger partial charge in [-0.05, 0) is 25.1 Å². The van der Waals surface area contributed by atoms with Crippen LogP contribution >= 0.6 is 0 Å². The van der Waals surface area contributed by atoms with Crippen LogP contribution in [0.2, 0.25) is 0 Å². The first-order chi connectivity index (χ1) is 14.3. The third kappa shape index (κ3) is 4.33. The molecule has 30 heavy (non-hydrogen) atoms. The molecule has 1 aromatic heterocycles. The molecule has 1 N–H and O–H groups in total. The molecule has 7 nitrogen and oxygen atoms in total. The van der Waals surface area contributed by atoms with Crippen LogP contribution in [0.15, 0.2) is 24.3 Å². The summed E-state index contributed by atoms with van der Waals surface area (Å²) in [6, 6.07) is 4.17. The Morgan fingerprint density at radius 3 is 2.67 bits per heavy atom. The molecule has 10 heteroatoms. The van der Waals surface area contributed by atoms with Gasteiger partial charge in [-0.2, -0.15) is 13.2 Å². The molecule has 0 radical (unpaired) electrons. The summed E-state index contributed by atoms with van der Waals surface area (Å²) in [5.41, 5.74) is 1.09. The Kier molecular flexibility index (Phi) is 5.50. The molecule has 3 heterocycles. The second kappa shape index (κ2) is 8.10. The minimum atomic E-state index is -4.47. The van der Waals surface area contributed by atoms with Crippen molar-refractivity contribution in [2.24, 2.45) is 0 Å². The number of anilines is 2. The molecular formula is C20H22F3N5O2. The van der Waals surface area contributed by atoms with Crippen molar-refractivity contribution in [2.75, 3.05) is 43.1 Å². The van der Waals surface area contributed by atoms with Gasteiger partial charge in [0.25, 0.3) is 0 Å². The molecule has 0 unspecified atom stereocenters. The molecule has 1 fully saturated rings. The number of aromatic nitrogens is 2. The van der Waals surface area contributed by atoms with Crippen molar-refractivity contribution in [1.82, 2.24) is 14.9 Å². The van der Waals surface area contributed by atoms with E-state index < -0.39 is 17.8 Å². The third-order valence-corrected chi connectivity index (χ3v) is 5.19. The van der Waals surface area contributed by atoms with Crippen LogP contribution in [0.5, 0.6) is 0 Å². The number of nitrogens with one attached hydrogen (secondary N) is 1. The topological polar surface area (TPSA) is 70.6 Å². The van der Waals surface area contributed by atoms with Crippen LogP contribution in [0.3, 0.4) is 0 Å². The molecule has 2 amide bonds. The Morgan fingerprint density at radius 2 is 1.93 bits per heavy atom. The number of hydrogen-bond acceptors (Lipinski definition) is 5. The maximum absolute atomic E-state index is 12.9. The first-order valence-corrected chi connectivity index (χ1v) is 9.73. The summed E-state index contributed by atoms with van der Waals surface area (Å²) >= 11 is 0. The van der Waals surface area contributed by atoms with Gasteiger partial charge in [0.15, 0.2) is 0 Å². The number of benzene rings is 1. The van der Waals surface area contributed by atoms with Crippen molar-refractivity contribution in [3.63, 3.8) is 0 Å². The van der Waals surface area contributed by atoms with Crippen LogP contribution in [0.4, 0.5) is 29.5 Å². The van der Waals surface area contributed by atoms with Crippen LogP contribution in [0, 0.1) is 6.92 Å². The molecule has 2 aliphatic rings. The minimum Gasteiger partial charge on any atom is -0.378 e. The Hall–Kier alpha value is -2.88. The SMILES string of the molecule is Cc1nc2c(c(N3CCOCC3)n1)CN(C(=O)Nc1cccc(C(F)(F)F)c1)CC2. The quantitative estimate of drug-likeness (QED) is 0.806. The van der Waals surface area contributed by atoms with Gasteiger partial charge >= 0.3 is 12.2 Å². The molecule has 2 aromatic rings. The first kappa shape index (κ1) is 20.4. The second-order valence-corrected chi connectivity index (χ2v) is 7.30. The van der Waals surface area contributed by atoms with Gasteiger partial charge in [-0.15, -0.1) is 0 Å². The molecule has 1 aromatic carbocycles. The lowest BCUT2D eigenvalue weighted by Gasteiger charge is -2.34. The number of aryl methyl sites for hydroxylation is 1. The molecule has 0 spiro atoms. The lowest BCUT2D eigenvalue weighted by atomic mass is 10.1. The fourth-order valence-corrected chi connectivity index (χ4v) is 3.70. The Bertz CT molecular complexity index is 945. The van der Waals surface area contributed by atoms with E-state index in [2.05, 4.69) is 20.2 Å². The summed E-state index contributed by atoms with van der Waals surface area (Å²) in [7, 11) is 0. The number of ether oxygens (including phenoxy) is 1. The average molecular weight is 421 g/mol. The summed E-state index contributed by atoms with van der Waals surface area (Å²) in [6.45, 7) is 5.20. The van der Waals surface area contributed by atoms with E-state index >= 15 is 0 Å². The predicted octanol–water partition coefficient (Wildman–Crippen LogP) is 3.23. The Morgan fingerprint density at radius 1 is 1.17 bits per heavy atom. The van der Waals surface area contributed by atoms with Crippen LogP contribution < -0.4 is 10.2 Å². The highest BCUT2D eigenvalue weighted by Gasteiger charge is 2.31. The second-order valence-electron chi connectivity index (χ2n) is 7.30. The van der Waals surface area contributed by atoms with Crippen molar-refractivity contribution >= 4 is 17.5 Å². The van der Waals surface area contributed by atoms with Crippen molar-refractivity contribution in [3.8, 4) is 0 Å². The first-order valence-electron chi connectivity index (χ1n) is 9.73. The summed E-state index contributed by atoms with van der Waals surface area (Å²) in [4.78, 5) is 25.6. The van der Waals surface area contributed by atoms with E-state index in [1.54, 1.807) is 4.90 Å². The standard InChI is InChI=1S/C20H22F3N5O2/c1-13-24-17-5-6-28(12-16(17)18(25-13)27-7-9-30-10-8-27)19(29)26-15-4-2-3-14(11-15)20(21,22)23/h2-4,11H,5-10,12H2,1H3,(H,26,29).